The Morgan fingerprint density at radius 1 is 1.55 bits per heavy atom. The molecule has 20 heavy (non-hydrogen) atoms. The van der Waals surface area contributed by atoms with Crippen LogP contribution >= 0.6 is 0 Å². The van der Waals surface area contributed by atoms with E-state index < -0.39 is 0 Å². The van der Waals surface area contributed by atoms with Gasteiger partial charge in [-0.25, -0.2) is 0 Å². The molecule has 0 saturated carbocycles. The van der Waals surface area contributed by atoms with Crippen molar-refractivity contribution in [2.75, 3.05) is 26.2 Å². The zero-order chi connectivity index (χ0) is 14.4. The molecular weight excluding hydrogens is 256 g/mol. The van der Waals surface area contributed by atoms with Crippen molar-refractivity contribution in [3.63, 3.8) is 0 Å². The van der Waals surface area contributed by atoms with Crippen molar-refractivity contribution < 1.29 is 9.53 Å². The third-order valence-corrected chi connectivity index (χ3v) is 3.46. The van der Waals surface area contributed by atoms with Crippen LogP contribution in [0.15, 0.2) is 6.07 Å². The highest BCUT2D eigenvalue weighted by molar-refractivity contribution is 5.92. The van der Waals surface area contributed by atoms with Crippen molar-refractivity contribution in [3.05, 3.63) is 17.5 Å². The van der Waals surface area contributed by atoms with Gasteiger partial charge in [0.1, 0.15) is 5.69 Å². The summed E-state index contributed by atoms with van der Waals surface area (Å²) in [6.07, 6.45) is 2.43. The third-order valence-electron chi connectivity index (χ3n) is 3.46. The minimum Gasteiger partial charge on any atom is -0.376 e. The van der Waals surface area contributed by atoms with Crippen molar-refractivity contribution in [1.29, 1.82) is 0 Å². The minimum atomic E-state index is -0.0821. The van der Waals surface area contributed by atoms with Crippen LogP contribution < -0.4 is 10.6 Å². The SMILES string of the molecule is CCn1nc(C)cc1C(=O)NCCOC1CCNCC1. The van der Waals surface area contributed by atoms with Gasteiger partial charge in [-0.15, -0.1) is 0 Å². The van der Waals surface area contributed by atoms with Gasteiger partial charge in [-0.05, 0) is 45.8 Å². The largest absolute Gasteiger partial charge is 0.376 e. The van der Waals surface area contributed by atoms with Gasteiger partial charge in [-0.3, -0.25) is 9.48 Å². The number of amides is 1. The van der Waals surface area contributed by atoms with Crippen LogP contribution in [0.2, 0.25) is 0 Å². The summed E-state index contributed by atoms with van der Waals surface area (Å²) < 4.78 is 7.47. The van der Waals surface area contributed by atoms with E-state index in [9.17, 15) is 4.79 Å². The fraction of sp³-hybridized carbons (Fsp3) is 0.714. The second kappa shape index (κ2) is 7.40. The Morgan fingerprint density at radius 3 is 3.00 bits per heavy atom. The molecule has 2 heterocycles. The molecule has 112 valence electrons. The topological polar surface area (TPSA) is 68.2 Å². The van der Waals surface area contributed by atoms with Gasteiger partial charge in [0.2, 0.25) is 0 Å². The Hall–Kier alpha value is -1.40. The summed E-state index contributed by atoms with van der Waals surface area (Å²) in [5.74, 6) is -0.0821. The van der Waals surface area contributed by atoms with Gasteiger partial charge in [0.15, 0.2) is 0 Å². The number of hydrogen-bond acceptors (Lipinski definition) is 4. The Kier molecular flexibility index (Phi) is 5.55. The lowest BCUT2D eigenvalue weighted by atomic mass is 10.1. The molecule has 1 aliphatic heterocycles. The summed E-state index contributed by atoms with van der Waals surface area (Å²) >= 11 is 0. The molecule has 1 fully saturated rings. The molecule has 6 nitrogen and oxygen atoms in total. The second-order valence-corrected chi connectivity index (χ2v) is 5.06. The molecule has 0 aliphatic carbocycles. The Morgan fingerprint density at radius 2 is 2.30 bits per heavy atom. The molecule has 1 aromatic rings. The summed E-state index contributed by atoms with van der Waals surface area (Å²) in [5, 5.41) is 10.5. The van der Waals surface area contributed by atoms with Crippen LogP contribution in [0.3, 0.4) is 0 Å². The van der Waals surface area contributed by atoms with Crippen LogP contribution in [0, 0.1) is 6.92 Å². The number of aryl methyl sites for hydroxylation is 2. The number of nitrogens with one attached hydrogen (secondary N) is 2. The number of ether oxygens (including phenoxy) is 1. The van der Waals surface area contributed by atoms with E-state index in [0.717, 1.165) is 31.6 Å². The number of rotatable bonds is 6. The average molecular weight is 280 g/mol. The van der Waals surface area contributed by atoms with Gasteiger partial charge in [0.25, 0.3) is 5.91 Å². The summed E-state index contributed by atoms with van der Waals surface area (Å²) in [5.41, 5.74) is 1.48. The van der Waals surface area contributed by atoms with Crippen molar-refractivity contribution in [2.45, 2.75) is 39.3 Å². The van der Waals surface area contributed by atoms with Crippen molar-refractivity contribution in [1.82, 2.24) is 20.4 Å². The summed E-state index contributed by atoms with van der Waals surface area (Å²) in [6.45, 7) is 7.71. The van der Waals surface area contributed by atoms with E-state index in [-0.39, 0.29) is 5.91 Å². The van der Waals surface area contributed by atoms with Crippen LogP contribution in [0.5, 0.6) is 0 Å². The van der Waals surface area contributed by atoms with Crippen molar-refractivity contribution in [2.24, 2.45) is 0 Å². The maximum atomic E-state index is 12.1. The molecular formula is C14H24N4O2. The van der Waals surface area contributed by atoms with E-state index >= 15 is 0 Å². The van der Waals surface area contributed by atoms with E-state index in [1.54, 1.807) is 4.68 Å². The molecule has 2 rings (SSSR count). The molecule has 2 N–H and O–H groups in total. The van der Waals surface area contributed by atoms with E-state index in [4.69, 9.17) is 4.74 Å². The van der Waals surface area contributed by atoms with Gasteiger partial charge in [-0.1, -0.05) is 0 Å². The molecule has 1 amide bonds. The molecule has 1 aliphatic rings. The normalized spacial score (nSPS) is 16.3. The standard InChI is InChI=1S/C14H24N4O2/c1-3-18-13(10-11(2)17-18)14(19)16-8-9-20-12-4-6-15-7-5-12/h10,12,15H,3-9H2,1-2H3,(H,16,19). The van der Waals surface area contributed by atoms with E-state index in [1.807, 2.05) is 19.9 Å². The maximum Gasteiger partial charge on any atom is 0.269 e. The Bertz CT molecular complexity index is 438. The van der Waals surface area contributed by atoms with Gasteiger partial charge < -0.3 is 15.4 Å². The maximum absolute atomic E-state index is 12.1. The van der Waals surface area contributed by atoms with Crippen molar-refractivity contribution >= 4 is 5.91 Å². The molecule has 6 heteroatoms. The van der Waals surface area contributed by atoms with Gasteiger partial charge in [0.05, 0.1) is 18.4 Å². The highest BCUT2D eigenvalue weighted by Gasteiger charge is 2.14. The van der Waals surface area contributed by atoms with Crippen LogP contribution in [0.25, 0.3) is 0 Å². The summed E-state index contributed by atoms with van der Waals surface area (Å²) in [7, 11) is 0. The monoisotopic (exact) mass is 280 g/mol. The van der Waals surface area contributed by atoms with Crippen molar-refractivity contribution in [3.8, 4) is 0 Å². The second-order valence-electron chi connectivity index (χ2n) is 5.06. The zero-order valence-corrected chi connectivity index (χ0v) is 12.3. The highest BCUT2D eigenvalue weighted by atomic mass is 16.5. The lowest BCUT2D eigenvalue weighted by Gasteiger charge is -2.22. The highest BCUT2D eigenvalue weighted by Crippen LogP contribution is 2.06. The summed E-state index contributed by atoms with van der Waals surface area (Å²) in [4.78, 5) is 12.1. The first kappa shape index (κ1) is 15.0. The van der Waals surface area contributed by atoms with Crippen LogP contribution in [-0.2, 0) is 11.3 Å². The average Bonchev–Trinajstić information content (AvgIpc) is 2.86. The van der Waals surface area contributed by atoms with Gasteiger partial charge in [-0.2, -0.15) is 5.10 Å². The number of carbonyl (C=O) groups is 1. The molecule has 0 atom stereocenters. The predicted molar refractivity (Wildman–Crippen MR) is 76.8 cm³/mol. The van der Waals surface area contributed by atoms with Gasteiger partial charge in [0, 0.05) is 13.1 Å². The molecule has 0 radical (unpaired) electrons. The van der Waals surface area contributed by atoms with E-state index in [2.05, 4.69) is 15.7 Å². The smallest absolute Gasteiger partial charge is 0.269 e. The molecule has 0 unspecified atom stereocenters. The molecule has 0 aromatic carbocycles. The lowest BCUT2D eigenvalue weighted by Crippen LogP contribution is -2.35. The molecule has 0 spiro atoms. The molecule has 1 saturated heterocycles. The molecule has 0 bridgehead atoms. The minimum absolute atomic E-state index is 0.0821. The fourth-order valence-electron chi connectivity index (χ4n) is 2.41. The van der Waals surface area contributed by atoms with E-state index in [0.29, 0.717) is 31.5 Å². The number of hydrogen-bond donors (Lipinski definition) is 2. The van der Waals surface area contributed by atoms with Crippen LogP contribution in [0.4, 0.5) is 0 Å². The fourth-order valence-corrected chi connectivity index (χ4v) is 2.41. The predicted octanol–water partition coefficient (Wildman–Crippen LogP) is 0.710. The Labute approximate surface area is 119 Å². The number of piperidine rings is 1. The quantitative estimate of drug-likeness (QED) is 0.753. The number of aromatic nitrogens is 2. The first-order valence-electron chi connectivity index (χ1n) is 7.35. The third kappa shape index (κ3) is 4.05. The van der Waals surface area contributed by atoms with Crippen LogP contribution in [-0.4, -0.2) is 48.0 Å². The number of nitrogens with zero attached hydrogens (tertiary/aromatic N) is 2. The first-order chi connectivity index (χ1) is 9.70. The number of carbonyl (C=O) groups excluding carboxylic acids is 1. The summed E-state index contributed by atoms with van der Waals surface area (Å²) in [6, 6.07) is 1.81. The lowest BCUT2D eigenvalue weighted by molar-refractivity contribution is 0.0342. The van der Waals surface area contributed by atoms with Gasteiger partial charge >= 0.3 is 0 Å². The Balaban J connectivity index is 1.71. The first-order valence-corrected chi connectivity index (χ1v) is 7.35. The van der Waals surface area contributed by atoms with E-state index in [1.165, 1.54) is 0 Å². The molecule has 1 aromatic heterocycles. The van der Waals surface area contributed by atoms with Crippen LogP contribution in [0.1, 0.15) is 35.9 Å². The zero-order valence-electron chi connectivity index (χ0n) is 12.3.